The van der Waals surface area contributed by atoms with Gasteiger partial charge in [-0.1, -0.05) is 48.2 Å². The van der Waals surface area contributed by atoms with Crippen LogP contribution >= 0.6 is 11.8 Å². The number of hydrogen-bond donors (Lipinski definition) is 3. The molecular formula is C19H18N2O4S2. The Morgan fingerprint density at radius 2 is 1.81 bits per heavy atom. The van der Waals surface area contributed by atoms with E-state index in [1.165, 1.54) is 18.9 Å². The lowest BCUT2D eigenvalue weighted by Gasteiger charge is -2.17. The minimum atomic E-state index is -4.34. The van der Waals surface area contributed by atoms with Gasteiger partial charge in [-0.3, -0.25) is 9.96 Å². The number of nitrogens with one attached hydrogen (secondary N) is 1. The fourth-order valence-electron chi connectivity index (χ4n) is 2.89. The molecular weight excluding hydrogens is 384 g/mol. The minimum Gasteiger partial charge on any atom is -0.496 e. The van der Waals surface area contributed by atoms with Gasteiger partial charge >= 0.3 is 0 Å². The second-order valence-electron chi connectivity index (χ2n) is 5.84. The summed E-state index contributed by atoms with van der Waals surface area (Å²) in [7, 11) is -2.80. The van der Waals surface area contributed by atoms with Crippen molar-refractivity contribution in [3.8, 4) is 5.75 Å². The van der Waals surface area contributed by atoms with Gasteiger partial charge in [-0.2, -0.15) is 8.42 Å². The van der Waals surface area contributed by atoms with Crippen molar-refractivity contribution in [2.75, 3.05) is 7.11 Å². The van der Waals surface area contributed by atoms with E-state index in [0.717, 1.165) is 10.3 Å². The molecule has 4 N–H and O–H groups in total. The zero-order valence-electron chi connectivity index (χ0n) is 14.5. The third-order valence-electron chi connectivity index (χ3n) is 4.01. The van der Waals surface area contributed by atoms with E-state index in [0.29, 0.717) is 16.0 Å². The molecule has 0 aromatic heterocycles. The summed E-state index contributed by atoms with van der Waals surface area (Å²) >= 11 is 1.42. The van der Waals surface area contributed by atoms with E-state index < -0.39 is 15.9 Å². The number of nitrogens with two attached hydrogens (primary N) is 1. The van der Waals surface area contributed by atoms with Gasteiger partial charge in [0.1, 0.15) is 17.3 Å². The molecule has 0 aliphatic carbocycles. The van der Waals surface area contributed by atoms with Crippen molar-refractivity contribution in [3.63, 3.8) is 0 Å². The summed E-state index contributed by atoms with van der Waals surface area (Å²) in [6.45, 7) is 0. The number of amidine groups is 1. The normalized spacial score (nSPS) is 11.5. The molecule has 0 saturated heterocycles. The monoisotopic (exact) mass is 402 g/mol. The molecule has 0 spiro atoms. The molecule has 0 fully saturated rings. The highest BCUT2D eigenvalue weighted by Gasteiger charge is 2.21. The Morgan fingerprint density at radius 3 is 2.41 bits per heavy atom. The molecule has 8 heteroatoms. The van der Waals surface area contributed by atoms with Gasteiger partial charge in [0.05, 0.1) is 12.0 Å². The van der Waals surface area contributed by atoms with Crippen molar-refractivity contribution < 1.29 is 17.7 Å². The standard InChI is InChI=1S/C19H18N2O4S2/c1-25-16-10-8-12-7-9-14(19(20)21)15(11-27(22,23)24)17(12)18(16)26-13-5-3-2-4-6-13/h2-10H,11H2,1H3,(H3,20,21)(H,22,23,24). The highest BCUT2D eigenvalue weighted by atomic mass is 32.2. The van der Waals surface area contributed by atoms with Crippen LogP contribution in [0.25, 0.3) is 10.8 Å². The molecule has 0 unspecified atom stereocenters. The van der Waals surface area contributed by atoms with Crippen molar-refractivity contribution >= 4 is 38.5 Å². The van der Waals surface area contributed by atoms with Crippen LogP contribution in [0, 0.1) is 5.41 Å². The van der Waals surface area contributed by atoms with Crippen molar-refractivity contribution in [1.29, 1.82) is 5.41 Å². The zero-order chi connectivity index (χ0) is 19.6. The molecule has 140 valence electrons. The Hall–Kier alpha value is -2.55. The molecule has 6 nitrogen and oxygen atoms in total. The third-order valence-corrected chi connectivity index (χ3v) is 5.78. The molecule has 27 heavy (non-hydrogen) atoms. The van der Waals surface area contributed by atoms with Crippen LogP contribution in [0.15, 0.2) is 64.4 Å². The Morgan fingerprint density at radius 1 is 1.15 bits per heavy atom. The quantitative estimate of drug-likeness (QED) is 0.329. The lowest BCUT2D eigenvalue weighted by molar-refractivity contribution is 0.406. The Balaban J connectivity index is 2.37. The molecule has 0 heterocycles. The first kappa shape index (κ1) is 19.2. The molecule has 0 radical (unpaired) electrons. The first-order chi connectivity index (χ1) is 12.8. The van der Waals surface area contributed by atoms with E-state index >= 15 is 0 Å². The topological polar surface area (TPSA) is 113 Å². The summed E-state index contributed by atoms with van der Waals surface area (Å²) in [5.74, 6) is -0.350. The molecule has 0 amide bonds. The van der Waals surface area contributed by atoms with Crippen molar-refractivity contribution in [2.45, 2.75) is 15.5 Å². The molecule has 3 aromatic rings. The summed E-state index contributed by atoms with van der Waals surface area (Å²) in [5, 5.41) is 9.17. The van der Waals surface area contributed by atoms with Crippen LogP contribution in [-0.4, -0.2) is 25.9 Å². The summed E-state index contributed by atoms with van der Waals surface area (Å²) in [6.07, 6.45) is 0. The Bertz CT molecular complexity index is 1110. The number of ether oxygens (including phenoxy) is 1. The zero-order valence-corrected chi connectivity index (χ0v) is 16.1. The van der Waals surface area contributed by atoms with Gasteiger partial charge in [0.15, 0.2) is 0 Å². The van der Waals surface area contributed by atoms with Crippen LogP contribution in [0.5, 0.6) is 5.75 Å². The lowest BCUT2D eigenvalue weighted by atomic mass is 9.99. The van der Waals surface area contributed by atoms with Gasteiger partial charge in [-0.05, 0) is 29.1 Å². The predicted molar refractivity (Wildman–Crippen MR) is 107 cm³/mol. The number of rotatable bonds is 6. The van der Waals surface area contributed by atoms with E-state index in [1.54, 1.807) is 24.3 Å². The van der Waals surface area contributed by atoms with Gasteiger partial charge in [-0.25, -0.2) is 0 Å². The van der Waals surface area contributed by atoms with Crippen molar-refractivity contribution in [3.05, 3.63) is 65.7 Å². The fraction of sp³-hybridized carbons (Fsp3) is 0.105. The summed E-state index contributed by atoms with van der Waals surface area (Å²) in [4.78, 5) is 1.64. The Labute approximate surface area is 161 Å². The minimum absolute atomic E-state index is 0.267. The second kappa shape index (κ2) is 7.59. The highest BCUT2D eigenvalue weighted by molar-refractivity contribution is 7.99. The second-order valence-corrected chi connectivity index (χ2v) is 8.38. The van der Waals surface area contributed by atoms with E-state index in [1.807, 2.05) is 30.3 Å². The van der Waals surface area contributed by atoms with E-state index in [4.69, 9.17) is 15.9 Å². The van der Waals surface area contributed by atoms with Gasteiger partial charge in [0, 0.05) is 15.8 Å². The number of fused-ring (bicyclic) bond motifs is 1. The fourth-order valence-corrected chi connectivity index (χ4v) is 4.68. The first-order valence-electron chi connectivity index (χ1n) is 7.95. The average Bonchev–Trinajstić information content (AvgIpc) is 2.61. The van der Waals surface area contributed by atoms with Crippen LogP contribution in [0.1, 0.15) is 11.1 Å². The smallest absolute Gasteiger partial charge is 0.269 e. The number of methoxy groups -OCH3 is 1. The molecule has 0 aliphatic heterocycles. The van der Waals surface area contributed by atoms with Crippen LogP contribution < -0.4 is 10.5 Å². The van der Waals surface area contributed by atoms with E-state index in [2.05, 4.69) is 0 Å². The van der Waals surface area contributed by atoms with Crippen LogP contribution in [0.4, 0.5) is 0 Å². The van der Waals surface area contributed by atoms with Crippen LogP contribution in [0.2, 0.25) is 0 Å². The summed E-state index contributed by atoms with van der Waals surface area (Å²) in [6, 6.07) is 16.5. The Kier molecular flexibility index (Phi) is 5.41. The third kappa shape index (κ3) is 4.24. The van der Waals surface area contributed by atoms with Crippen molar-refractivity contribution in [2.24, 2.45) is 5.73 Å². The molecule has 0 saturated carbocycles. The van der Waals surface area contributed by atoms with Gasteiger partial charge in [0.25, 0.3) is 10.1 Å². The van der Waals surface area contributed by atoms with E-state index in [9.17, 15) is 13.0 Å². The SMILES string of the molecule is COc1ccc2ccc(C(=N)N)c(CS(=O)(=O)O)c2c1Sc1ccccc1. The predicted octanol–water partition coefficient (Wildman–Crippen LogP) is 3.67. The largest absolute Gasteiger partial charge is 0.496 e. The van der Waals surface area contributed by atoms with E-state index in [-0.39, 0.29) is 17.0 Å². The lowest BCUT2D eigenvalue weighted by Crippen LogP contribution is -2.16. The maximum atomic E-state index is 11.6. The van der Waals surface area contributed by atoms with Crippen molar-refractivity contribution in [1.82, 2.24) is 0 Å². The molecule has 3 aromatic carbocycles. The van der Waals surface area contributed by atoms with Crippen LogP contribution in [0.3, 0.4) is 0 Å². The molecule has 0 aliphatic rings. The van der Waals surface area contributed by atoms with Gasteiger partial charge < -0.3 is 10.5 Å². The number of benzene rings is 3. The van der Waals surface area contributed by atoms with Gasteiger partial charge in [-0.15, -0.1) is 0 Å². The first-order valence-corrected chi connectivity index (χ1v) is 10.4. The van der Waals surface area contributed by atoms with Crippen LogP contribution in [-0.2, 0) is 15.9 Å². The van der Waals surface area contributed by atoms with Gasteiger partial charge in [0.2, 0.25) is 0 Å². The maximum absolute atomic E-state index is 11.6. The molecule has 0 bridgehead atoms. The molecule has 0 atom stereocenters. The summed E-state index contributed by atoms with van der Waals surface area (Å²) in [5.41, 5.74) is 6.21. The number of nitrogen functional groups attached to an aromatic ring is 1. The maximum Gasteiger partial charge on any atom is 0.269 e. The summed E-state index contributed by atoms with van der Waals surface area (Å²) < 4.78 is 38.3. The highest BCUT2D eigenvalue weighted by Crippen LogP contribution is 2.42. The molecule has 3 rings (SSSR count). The average molecular weight is 402 g/mol. The number of hydrogen-bond acceptors (Lipinski definition) is 5.